The molecule has 0 saturated heterocycles. The molecule has 20 heavy (non-hydrogen) atoms. The lowest BCUT2D eigenvalue weighted by molar-refractivity contribution is 0.415. The maximum Gasteiger partial charge on any atom is 0.119 e. The number of benzene rings is 2. The Kier molecular flexibility index (Phi) is 6.44. The Bertz CT molecular complexity index is 444. The van der Waals surface area contributed by atoms with E-state index < -0.39 is 0 Å². The van der Waals surface area contributed by atoms with Crippen molar-refractivity contribution in [2.75, 3.05) is 26.2 Å². The van der Waals surface area contributed by atoms with Crippen molar-refractivity contribution in [3.8, 4) is 11.5 Å². The SMILES string of the molecule is CC.COc1ccc(N(C)c2ccc(OC)cc2)cc1. The van der Waals surface area contributed by atoms with Crippen molar-refractivity contribution < 1.29 is 9.47 Å². The van der Waals surface area contributed by atoms with Crippen LogP contribution in [0.5, 0.6) is 11.5 Å². The Labute approximate surface area is 121 Å². The molecule has 0 radical (unpaired) electrons. The van der Waals surface area contributed by atoms with Crippen molar-refractivity contribution in [2.45, 2.75) is 13.8 Å². The maximum absolute atomic E-state index is 5.15. The van der Waals surface area contributed by atoms with Gasteiger partial charge in [0.15, 0.2) is 0 Å². The Morgan fingerprint density at radius 1 is 0.650 bits per heavy atom. The van der Waals surface area contributed by atoms with Crippen LogP contribution in [0.2, 0.25) is 0 Å². The van der Waals surface area contributed by atoms with E-state index in [-0.39, 0.29) is 0 Å². The normalized spacial score (nSPS) is 9.25. The summed E-state index contributed by atoms with van der Waals surface area (Å²) in [5.74, 6) is 1.73. The molecule has 3 nitrogen and oxygen atoms in total. The molecule has 0 unspecified atom stereocenters. The maximum atomic E-state index is 5.15. The van der Waals surface area contributed by atoms with Crippen LogP contribution in [-0.2, 0) is 0 Å². The van der Waals surface area contributed by atoms with E-state index in [0.717, 1.165) is 22.9 Å². The van der Waals surface area contributed by atoms with E-state index >= 15 is 0 Å². The van der Waals surface area contributed by atoms with Gasteiger partial charge in [0.25, 0.3) is 0 Å². The van der Waals surface area contributed by atoms with Gasteiger partial charge in [0.1, 0.15) is 11.5 Å². The number of hydrogen-bond acceptors (Lipinski definition) is 3. The quantitative estimate of drug-likeness (QED) is 0.818. The zero-order chi connectivity index (χ0) is 15.0. The van der Waals surface area contributed by atoms with E-state index in [2.05, 4.69) is 4.90 Å². The molecule has 2 aromatic carbocycles. The molecule has 0 atom stereocenters. The van der Waals surface area contributed by atoms with E-state index in [0.29, 0.717) is 0 Å². The molecule has 0 aromatic heterocycles. The number of ether oxygens (including phenoxy) is 2. The number of methoxy groups -OCH3 is 2. The first-order valence-corrected chi connectivity index (χ1v) is 6.76. The number of nitrogens with zero attached hydrogens (tertiary/aromatic N) is 1. The zero-order valence-corrected chi connectivity index (χ0v) is 12.9. The van der Waals surface area contributed by atoms with Crippen LogP contribution in [0.3, 0.4) is 0 Å². The Hall–Kier alpha value is -2.16. The molecule has 0 saturated carbocycles. The van der Waals surface area contributed by atoms with Gasteiger partial charge in [0.2, 0.25) is 0 Å². The van der Waals surface area contributed by atoms with Gasteiger partial charge in [-0.25, -0.2) is 0 Å². The zero-order valence-electron chi connectivity index (χ0n) is 12.9. The van der Waals surface area contributed by atoms with Crippen LogP contribution in [0, 0.1) is 0 Å². The minimum Gasteiger partial charge on any atom is -0.497 e. The summed E-state index contributed by atoms with van der Waals surface area (Å²) in [5, 5.41) is 0. The summed E-state index contributed by atoms with van der Waals surface area (Å²) in [6.45, 7) is 4.00. The summed E-state index contributed by atoms with van der Waals surface area (Å²) in [5.41, 5.74) is 2.22. The summed E-state index contributed by atoms with van der Waals surface area (Å²) in [7, 11) is 5.37. The Balaban J connectivity index is 0.000000956. The lowest BCUT2D eigenvalue weighted by atomic mass is 10.2. The van der Waals surface area contributed by atoms with Crippen LogP contribution in [0.4, 0.5) is 11.4 Å². The summed E-state index contributed by atoms with van der Waals surface area (Å²) in [4.78, 5) is 2.11. The van der Waals surface area contributed by atoms with Gasteiger partial charge < -0.3 is 14.4 Å². The first-order valence-electron chi connectivity index (χ1n) is 6.76. The molecule has 0 bridgehead atoms. The van der Waals surface area contributed by atoms with Gasteiger partial charge in [-0.3, -0.25) is 0 Å². The molecular weight excluding hydrogens is 250 g/mol. The van der Waals surface area contributed by atoms with Crippen LogP contribution in [0.25, 0.3) is 0 Å². The van der Waals surface area contributed by atoms with Gasteiger partial charge in [-0.15, -0.1) is 0 Å². The number of anilines is 2. The molecule has 3 heteroatoms. The highest BCUT2D eigenvalue weighted by molar-refractivity contribution is 5.63. The fourth-order valence-electron chi connectivity index (χ4n) is 1.76. The predicted octanol–water partition coefficient (Wildman–Crippen LogP) is 4.50. The first kappa shape index (κ1) is 15.9. The molecule has 108 valence electrons. The minimum atomic E-state index is 0.863. The Morgan fingerprint density at radius 3 is 1.20 bits per heavy atom. The topological polar surface area (TPSA) is 21.7 Å². The summed E-state index contributed by atoms with van der Waals surface area (Å²) < 4.78 is 10.3. The van der Waals surface area contributed by atoms with Crippen LogP contribution < -0.4 is 14.4 Å². The van der Waals surface area contributed by atoms with Crippen LogP contribution >= 0.6 is 0 Å². The third-order valence-electron chi connectivity index (χ3n) is 2.92. The van der Waals surface area contributed by atoms with E-state index in [9.17, 15) is 0 Å². The molecule has 0 aliphatic rings. The molecule has 0 aliphatic heterocycles. The Morgan fingerprint density at radius 2 is 0.950 bits per heavy atom. The third kappa shape index (κ3) is 3.92. The van der Waals surface area contributed by atoms with Crippen molar-refractivity contribution in [1.82, 2.24) is 0 Å². The molecule has 2 rings (SSSR count). The average molecular weight is 273 g/mol. The predicted molar refractivity (Wildman–Crippen MR) is 85.4 cm³/mol. The van der Waals surface area contributed by atoms with Crippen molar-refractivity contribution in [1.29, 1.82) is 0 Å². The smallest absolute Gasteiger partial charge is 0.119 e. The second-order valence-electron chi connectivity index (χ2n) is 3.96. The highest BCUT2D eigenvalue weighted by Crippen LogP contribution is 2.26. The molecule has 2 aromatic rings. The summed E-state index contributed by atoms with van der Waals surface area (Å²) in [6.07, 6.45) is 0. The van der Waals surface area contributed by atoms with E-state index in [1.165, 1.54) is 0 Å². The number of rotatable bonds is 4. The molecule has 0 aliphatic carbocycles. The van der Waals surface area contributed by atoms with Gasteiger partial charge >= 0.3 is 0 Å². The molecule has 0 amide bonds. The molecular formula is C17H23NO2. The molecule has 0 heterocycles. The standard InChI is InChI=1S/C15H17NO2.C2H6/c1-16(12-4-8-14(17-2)9-5-12)13-6-10-15(18-3)11-7-13;1-2/h4-11H,1-3H3;1-2H3. The third-order valence-corrected chi connectivity index (χ3v) is 2.92. The van der Waals surface area contributed by atoms with Gasteiger partial charge in [-0.05, 0) is 48.5 Å². The average Bonchev–Trinajstić information content (AvgIpc) is 2.56. The van der Waals surface area contributed by atoms with E-state index in [1.807, 2.05) is 69.4 Å². The van der Waals surface area contributed by atoms with Gasteiger partial charge in [0, 0.05) is 18.4 Å². The first-order chi connectivity index (χ1) is 9.74. The minimum absolute atomic E-state index is 0.863. The summed E-state index contributed by atoms with van der Waals surface area (Å²) in [6, 6.07) is 15.9. The van der Waals surface area contributed by atoms with Gasteiger partial charge in [-0.2, -0.15) is 0 Å². The van der Waals surface area contributed by atoms with Crippen molar-refractivity contribution in [2.24, 2.45) is 0 Å². The molecule has 0 N–H and O–H groups in total. The van der Waals surface area contributed by atoms with Crippen LogP contribution in [-0.4, -0.2) is 21.3 Å². The van der Waals surface area contributed by atoms with Crippen LogP contribution in [0.15, 0.2) is 48.5 Å². The highest BCUT2D eigenvalue weighted by Gasteiger charge is 2.04. The van der Waals surface area contributed by atoms with E-state index in [4.69, 9.17) is 9.47 Å². The van der Waals surface area contributed by atoms with Crippen molar-refractivity contribution in [3.05, 3.63) is 48.5 Å². The second-order valence-corrected chi connectivity index (χ2v) is 3.96. The summed E-state index contributed by atoms with van der Waals surface area (Å²) >= 11 is 0. The van der Waals surface area contributed by atoms with Crippen molar-refractivity contribution in [3.63, 3.8) is 0 Å². The van der Waals surface area contributed by atoms with E-state index in [1.54, 1.807) is 14.2 Å². The van der Waals surface area contributed by atoms with Crippen LogP contribution in [0.1, 0.15) is 13.8 Å². The van der Waals surface area contributed by atoms with Gasteiger partial charge in [-0.1, -0.05) is 13.8 Å². The lowest BCUT2D eigenvalue weighted by Crippen LogP contribution is -2.08. The molecule has 0 fully saturated rings. The highest BCUT2D eigenvalue weighted by atomic mass is 16.5. The molecule has 0 spiro atoms. The van der Waals surface area contributed by atoms with Gasteiger partial charge in [0.05, 0.1) is 14.2 Å². The van der Waals surface area contributed by atoms with Crippen molar-refractivity contribution >= 4 is 11.4 Å². The number of hydrogen-bond donors (Lipinski definition) is 0. The largest absolute Gasteiger partial charge is 0.497 e. The second kappa shape index (κ2) is 8.10. The fraction of sp³-hybridized carbons (Fsp3) is 0.294. The monoisotopic (exact) mass is 273 g/mol. The lowest BCUT2D eigenvalue weighted by Gasteiger charge is -2.20. The fourth-order valence-corrected chi connectivity index (χ4v) is 1.76.